The Kier molecular flexibility index (Phi) is 2.95. The highest BCUT2D eigenvalue weighted by Crippen LogP contribution is 1.79. The van der Waals surface area contributed by atoms with Gasteiger partial charge in [0, 0.05) is 12.3 Å². The molecule has 0 unspecified atom stereocenters. The Morgan fingerprint density at radius 1 is 1.57 bits per heavy atom. The van der Waals surface area contributed by atoms with Gasteiger partial charge in [-0.3, -0.25) is 0 Å². The van der Waals surface area contributed by atoms with Crippen LogP contribution in [0.4, 0.5) is 0 Å². The van der Waals surface area contributed by atoms with Crippen molar-refractivity contribution in [3.8, 4) is 0 Å². The minimum Gasteiger partial charge on any atom is -0.478 e. The molecule has 0 radical (unpaired) electrons. The fourth-order valence-corrected chi connectivity index (χ4v) is 0.751. The van der Waals surface area contributed by atoms with Crippen molar-refractivity contribution in [2.24, 2.45) is 0 Å². The molecule has 0 aliphatic heterocycles. The van der Waals surface area contributed by atoms with E-state index in [1.54, 1.807) is 0 Å². The fourth-order valence-electron chi connectivity index (χ4n) is 0.751. The SMILES string of the molecule is C=CCn1nnn(C=CC(=O)O)c1=O. The number of rotatable bonds is 4. The maximum Gasteiger partial charge on any atom is 0.368 e. The van der Waals surface area contributed by atoms with Gasteiger partial charge in [-0.15, -0.1) is 6.58 Å². The average Bonchev–Trinajstić information content (AvgIpc) is 2.46. The molecule has 0 spiro atoms. The first-order chi connectivity index (χ1) is 6.65. The molecule has 1 heterocycles. The highest BCUT2D eigenvalue weighted by molar-refractivity contribution is 5.82. The topological polar surface area (TPSA) is 90.0 Å². The van der Waals surface area contributed by atoms with E-state index >= 15 is 0 Å². The van der Waals surface area contributed by atoms with Crippen molar-refractivity contribution in [1.29, 1.82) is 0 Å². The van der Waals surface area contributed by atoms with E-state index in [1.807, 2.05) is 0 Å². The maximum absolute atomic E-state index is 11.3. The Hall–Kier alpha value is -2.18. The number of carbonyl (C=O) groups is 1. The van der Waals surface area contributed by atoms with E-state index in [1.165, 1.54) is 6.08 Å². The van der Waals surface area contributed by atoms with Crippen molar-refractivity contribution in [2.45, 2.75) is 6.54 Å². The lowest BCUT2D eigenvalue weighted by Gasteiger charge is -1.87. The molecule has 1 rings (SSSR count). The second-order valence-corrected chi connectivity index (χ2v) is 2.33. The first-order valence-corrected chi connectivity index (χ1v) is 3.69. The van der Waals surface area contributed by atoms with Crippen LogP contribution >= 0.6 is 0 Å². The summed E-state index contributed by atoms with van der Waals surface area (Å²) in [6.45, 7) is 3.67. The summed E-state index contributed by atoms with van der Waals surface area (Å²) >= 11 is 0. The summed E-state index contributed by atoms with van der Waals surface area (Å²) in [6, 6.07) is 0. The second-order valence-electron chi connectivity index (χ2n) is 2.33. The lowest BCUT2D eigenvalue weighted by molar-refractivity contribution is -0.131. The normalized spacial score (nSPS) is 10.6. The van der Waals surface area contributed by atoms with Crippen LogP contribution in [0.2, 0.25) is 0 Å². The van der Waals surface area contributed by atoms with Crippen molar-refractivity contribution < 1.29 is 9.90 Å². The fraction of sp³-hybridized carbons (Fsp3) is 0.143. The highest BCUT2D eigenvalue weighted by Gasteiger charge is 2.01. The third kappa shape index (κ3) is 2.16. The lowest BCUT2D eigenvalue weighted by atomic mass is 10.6. The predicted octanol–water partition coefficient (Wildman–Crippen LogP) is -0.819. The first kappa shape index (κ1) is 9.90. The number of carboxylic acid groups (broad SMARTS) is 1. The summed E-state index contributed by atoms with van der Waals surface area (Å²) in [6.07, 6.45) is 3.31. The van der Waals surface area contributed by atoms with Gasteiger partial charge >= 0.3 is 11.7 Å². The Morgan fingerprint density at radius 2 is 2.29 bits per heavy atom. The number of hydrogen-bond acceptors (Lipinski definition) is 4. The summed E-state index contributed by atoms with van der Waals surface area (Å²) in [5.41, 5.74) is -0.512. The Bertz CT molecular complexity index is 428. The monoisotopic (exact) mass is 196 g/mol. The van der Waals surface area contributed by atoms with Gasteiger partial charge in [0.1, 0.15) is 0 Å². The molecule has 0 amide bonds. The molecule has 0 bridgehead atoms. The zero-order valence-corrected chi connectivity index (χ0v) is 7.20. The third-order valence-corrected chi connectivity index (χ3v) is 1.32. The Labute approximate surface area is 78.6 Å². The number of tetrazole rings is 1. The molecular weight excluding hydrogens is 188 g/mol. The molecule has 1 N–H and O–H groups in total. The van der Waals surface area contributed by atoms with Gasteiger partial charge in [-0.25, -0.2) is 9.59 Å². The van der Waals surface area contributed by atoms with E-state index in [9.17, 15) is 9.59 Å². The van der Waals surface area contributed by atoms with Gasteiger partial charge in [0.2, 0.25) is 0 Å². The average molecular weight is 196 g/mol. The molecule has 0 saturated heterocycles. The van der Waals surface area contributed by atoms with Crippen LogP contribution in [-0.2, 0) is 11.3 Å². The van der Waals surface area contributed by atoms with Gasteiger partial charge in [0.15, 0.2) is 0 Å². The van der Waals surface area contributed by atoms with Gasteiger partial charge in [-0.1, -0.05) is 6.08 Å². The molecule has 0 aliphatic rings. The minimum atomic E-state index is -1.16. The number of aromatic nitrogens is 4. The van der Waals surface area contributed by atoms with E-state index in [2.05, 4.69) is 17.0 Å². The number of nitrogens with zero attached hydrogens (tertiary/aromatic N) is 4. The van der Waals surface area contributed by atoms with E-state index in [0.717, 1.165) is 21.6 Å². The molecule has 0 atom stereocenters. The van der Waals surface area contributed by atoms with E-state index in [4.69, 9.17) is 5.11 Å². The van der Waals surface area contributed by atoms with Crippen LogP contribution in [0.1, 0.15) is 0 Å². The van der Waals surface area contributed by atoms with Crippen LogP contribution in [0.25, 0.3) is 6.20 Å². The van der Waals surface area contributed by atoms with Crippen LogP contribution < -0.4 is 5.69 Å². The van der Waals surface area contributed by atoms with Gasteiger partial charge in [-0.2, -0.15) is 9.36 Å². The smallest absolute Gasteiger partial charge is 0.368 e. The Morgan fingerprint density at radius 3 is 2.86 bits per heavy atom. The number of carboxylic acids is 1. The molecule has 74 valence electrons. The van der Waals surface area contributed by atoms with Crippen molar-refractivity contribution in [1.82, 2.24) is 19.8 Å². The lowest BCUT2D eigenvalue weighted by Crippen LogP contribution is -2.22. The van der Waals surface area contributed by atoms with E-state index in [-0.39, 0.29) is 6.54 Å². The minimum absolute atomic E-state index is 0.236. The zero-order chi connectivity index (χ0) is 10.6. The molecule has 0 aliphatic carbocycles. The largest absolute Gasteiger partial charge is 0.478 e. The summed E-state index contributed by atoms with van der Waals surface area (Å²) in [5.74, 6) is -1.16. The molecule has 1 aromatic heterocycles. The van der Waals surface area contributed by atoms with Crippen LogP contribution in [0, 0.1) is 0 Å². The molecule has 0 fully saturated rings. The highest BCUT2D eigenvalue weighted by atomic mass is 16.4. The van der Waals surface area contributed by atoms with Gasteiger partial charge < -0.3 is 5.11 Å². The van der Waals surface area contributed by atoms with Crippen molar-refractivity contribution in [2.75, 3.05) is 0 Å². The number of hydrogen-bond donors (Lipinski definition) is 1. The van der Waals surface area contributed by atoms with Crippen LogP contribution in [0.3, 0.4) is 0 Å². The Balaban J connectivity index is 2.95. The molecule has 1 aromatic rings. The standard InChI is InChI=1S/C7H8N4O3/c1-2-4-10-7(14)11(9-8-10)5-3-6(12)13/h2-3,5H,1,4H2,(H,12,13). The number of aliphatic carboxylic acids is 1. The molecule has 14 heavy (non-hydrogen) atoms. The van der Waals surface area contributed by atoms with Crippen LogP contribution in [0.5, 0.6) is 0 Å². The van der Waals surface area contributed by atoms with Crippen molar-refractivity contribution >= 4 is 12.2 Å². The van der Waals surface area contributed by atoms with Crippen molar-refractivity contribution in [3.63, 3.8) is 0 Å². The van der Waals surface area contributed by atoms with Gasteiger partial charge in [0.05, 0.1) is 6.54 Å². The molecular formula is C7H8N4O3. The zero-order valence-electron chi connectivity index (χ0n) is 7.20. The predicted molar refractivity (Wildman–Crippen MR) is 47.4 cm³/mol. The van der Waals surface area contributed by atoms with Gasteiger partial charge in [0.25, 0.3) is 0 Å². The van der Waals surface area contributed by atoms with Gasteiger partial charge in [-0.05, 0) is 10.4 Å². The summed E-state index contributed by atoms with van der Waals surface area (Å²) in [7, 11) is 0. The van der Waals surface area contributed by atoms with Crippen LogP contribution in [0.15, 0.2) is 23.5 Å². The van der Waals surface area contributed by atoms with E-state index in [0.29, 0.717) is 0 Å². The van der Waals surface area contributed by atoms with Crippen molar-refractivity contribution in [3.05, 3.63) is 29.2 Å². The maximum atomic E-state index is 11.3. The summed E-state index contributed by atoms with van der Waals surface area (Å²) in [5, 5.41) is 15.2. The second kappa shape index (κ2) is 4.17. The molecule has 0 saturated carbocycles. The van der Waals surface area contributed by atoms with E-state index < -0.39 is 11.7 Å². The molecule has 0 aromatic carbocycles. The summed E-state index contributed by atoms with van der Waals surface area (Å²) in [4.78, 5) is 21.4. The third-order valence-electron chi connectivity index (χ3n) is 1.32. The summed E-state index contributed by atoms with van der Waals surface area (Å²) < 4.78 is 1.89. The number of allylic oxidation sites excluding steroid dienone is 1. The van der Waals surface area contributed by atoms with Crippen LogP contribution in [-0.4, -0.2) is 30.9 Å². The first-order valence-electron chi connectivity index (χ1n) is 3.69. The quantitative estimate of drug-likeness (QED) is 0.502. The molecule has 7 nitrogen and oxygen atoms in total. The molecule has 7 heteroatoms.